The highest BCUT2D eigenvalue weighted by atomic mass is 16.5. The van der Waals surface area contributed by atoms with Gasteiger partial charge in [0.2, 0.25) is 5.78 Å². The van der Waals surface area contributed by atoms with Crippen LogP contribution >= 0.6 is 0 Å². The van der Waals surface area contributed by atoms with E-state index in [0.717, 1.165) is 19.2 Å². The van der Waals surface area contributed by atoms with E-state index in [9.17, 15) is 30.0 Å². The Bertz CT molecular complexity index is 785. The van der Waals surface area contributed by atoms with Crippen molar-refractivity contribution in [3.63, 3.8) is 0 Å². The lowest BCUT2D eigenvalue weighted by atomic mass is 9.95. The number of carbonyl (C=O) groups is 2. The second kappa shape index (κ2) is 5.88. The number of carbonyl (C=O) groups excluding carboxylic acids is 2. The molecule has 0 unspecified atom stereocenters. The molecule has 0 amide bonds. The van der Waals surface area contributed by atoms with Crippen molar-refractivity contribution in [2.45, 2.75) is 6.92 Å². The van der Waals surface area contributed by atoms with Crippen LogP contribution in [0.15, 0.2) is 24.3 Å². The SMILES string of the molecule is COC(=O)c1cc(O)cc(O)c1C(=O)c1c(O)cc(C)cc1O. The number of aromatic hydroxyl groups is 4. The number of hydrogen-bond acceptors (Lipinski definition) is 7. The molecule has 0 heterocycles. The average molecular weight is 318 g/mol. The van der Waals surface area contributed by atoms with Gasteiger partial charge in [0.1, 0.15) is 28.6 Å². The Kier molecular flexibility index (Phi) is 4.13. The molecule has 0 aliphatic heterocycles. The molecule has 0 atom stereocenters. The summed E-state index contributed by atoms with van der Waals surface area (Å²) >= 11 is 0. The van der Waals surface area contributed by atoms with E-state index < -0.39 is 51.4 Å². The fourth-order valence-electron chi connectivity index (χ4n) is 2.23. The molecule has 7 heteroatoms. The third kappa shape index (κ3) is 2.89. The number of rotatable bonds is 3. The van der Waals surface area contributed by atoms with Gasteiger partial charge in [0.25, 0.3) is 0 Å². The summed E-state index contributed by atoms with van der Waals surface area (Å²) in [5, 5.41) is 39.2. The van der Waals surface area contributed by atoms with Gasteiger partial charge in [-0.3, -0.25) is 4.79 Å². The topological polar surface area (TPSA) is 124 Å². The fourth-order valence-corrected chi connectivity index (χ4v) is 2.23. The van der Waals surface area contributed by atoms with Crippen molar-refractivity contribution in [1.29, 1.82) is 0 Å². The molecule has 0 aliphatic carbocycles. The van der Waals surface area contributed by atoms with Crippen molar-refractivity contribution in [3.05, 3.63) is 46.5 Å². The van der Waals surface area contributed by atoms with Crippen molar-refractivity contribution in [1.82, 2.24) is 0 Å². The summed E-state index contributed by atoms with van der Waals surface area (Å²) in [6.07, 6.45) is 0. The summed E-state index contributed by atoms with van der Waals surface area (Å²) in [5.74, 6) is -4.10. The number of esters is 1. The summed E-state index contributed by atoms with van der Waals surface area (Å²) in [5.41, 5.74) is -0.847. The van der Waals surface area contributed by atoms with Gasteiger partial charge >= 0.3 is 5.97 Å². The maximum atomic E-state index is 12.6. The van der Waals surface area contributed by atoms with Crippen LogP contribution in [0.3, 0.4) is 0 Å². The minimum absolute atomic E-state index is 0.394. The molecule has 120 valence electrons. The molecule has 0 fully saturated rings. The van der Waals surface area contributed by atoms with Crippen LogP contribution in [0.2, 0.25) is 0 Å². The Labute approximate surface area is 131 Å². The Morgan fingerprint density at radius 2 is 1.39 bits per heavy atom. The average Bonchev–Trinajstić information content (AvgIpc) is 2.44. The highest BCUT2D eigenvalue weighted by molar-refractivity contribution is 6.18. The van der Waals surface area contributed by atoms with Gasteiger partial charge in [0, 0.05) is 6.07 Å². The smallest absolute Gasteiger partial charge is 0.338 e. The molecule has 0 aromatic heterocycles. The number of benzene rings is 2. The number of hydrogen-bond donors (Lipinski definition) is 4. The molecule has 0 radical (unpaired) electrons. The molecule has 0 spiro atoms. The highest BCUT2D eigenvalue weighted by Crippen LogP contribution is 2.36. The zero-order valence-electron chi connectivity index (χ0n) is 12.3. The lowest BCUT2D eigenvalue weighted by Gasteiger charge is -2.12. The summed E-state index contributed by atoms with van der Waals surface area (Å²) < 4.78 is 4.51. The predicted molar refractivity (Wildman–Crippen MR) is 79.1 cm³/mol. The van der Waals surface area contributed by atoms with Crippen LogP contribution in [0.1, 0.15) is 31.8 Å². The minimum atomic E-state index is -0.988. The third-order valence-electron chi connectivity index (χ3n) is 3.20. The van der Waals surface area contributed by atoms with Crippen LogP contribution in [-0.2, 0) is 4.74 Å². The van der Waals surface area contributed by atoms with E-state index in [4.69, 9.17) is 0 Å². The molecule has 0 saturated carbocycles. The van der Waals surface area contributed by atoms with Crippen molar-refractivity contribution in [2.24, 2.45) is 0 Å². The number of ether oxygens (including phenoxy) is 1. The van der Waals surface area contributed by atoms with E-state index >= 15 is 0 Å². The Morgan fingerprint density at radius 3 is 1.91 bits per heavy atom. The zero-order chi connectivity index (χ0) is 17.3. The molecule has 4 N–H and O–H groups in total. The second-order valence-corrected chi connectivity index (χ2v) is 4.89. The third-order valence-corrected chi connectivity index (χ3v) is 3.20. The van der Waals surface area contributed by atoms with Gasteiger partial charge < -0.3 is 25.2 Å². The van der Waals surface area contributed by atoms with Gasteiger partial charge in [-0.25, -0.2) is 4.79 Å². The monoisotopic (exact) mass is 318 g/mol. The molecule has 2 rings (SSSR count). The van der Waals surface area contributed by atoms with E-state index in [1.54, 1.807) is 6.92 Å². The molecule has 7 nitrogen and oxygen atoms in total. The first-order valence-corrected chi connectivity index (χ1v) is 6.47. The summed E-state index contributed by atoms with van der Waals surface area (Å²) in [6.45, 7) is 1.60. The van der Waals surface area contributed by atoms with Crippen molar-refractivity contribution in [2.75, 3.05) is 7.11 Å². The molecule has 2 aromatic carbocycles. The van der Waals surface area contributed by atoms with Gasteiger partial charge in [-0.1, -0.05) is 0 Å². The predicted octanol–water partition coefficient (Wildman–Crippen LogP) is 1.84. The number of methoxy groups -OCH3 is 1. The first kappa shape index (κ1) is 16.2. The van der Waals surface area contributed by atoms with Crippen LogP contribution in [0.5, 0.6) is 23.0 Å². The van der Waals surface area contributed by atoms with E-state index in [1.165, 1.54) is 12.1 Å². The second-order valence-electron chi connectivity index (χ2n) is 4.89. The molecular weight excluding hydrogens is 304 g/mol. The van der Waals surface area contributed by atoms with E-state index in [2.05, 4.69) is 4.74 Å². The zero-order valence-corrected chi connectivity index (χ0v) is 12.3. The number of phenols is 4. The van der Waals surface area contributed by atoms with Gasteiger partial charge in [-0.15, -0.1) is 0 Å². The maximum Gasteiger partial charge on any atom is 0.338 e. The van der Waals surface area contributed by atoms with E-state index in [1.807, 2.05) is 0 Å². The van der Waals surface area contributed by atoms with Crippen molar-refractivity contribution >= 4 is 11.8 Å². The van der Waals surface area contributed by atoms with Crippen LogP contribution in [-0.4, -0.2) is 39.3 Å². The quantitative estimate of drug-likeness (QED) is 0.502. The van der Waals surface area contributed by atoms with Crippen LogP contribution < -0.4 is 0 Å². The molecule has 0 aliphatic rings. The Balaban J connectivity index is 2.72. The van der Waals surface area contributed by atoms with Gasteiger partial charge in [-0.05, 0) is 30.7 Å². The number of ketones is 1. The van der Waals surface area contributed by atoms with Gasteiger partial charge in [0.05, 0.1) is 18.2 Å². The fraction of sp³-hybridized carbons (Fsp3) is 0.125. The van der Waals surface area contributed by atoms with E-state index in [-0.39, 0.29) is 0 Å². The normalized spacial score (nSPS) is 10.3. The lowest BCUT2D eigenvalue weighted by Crippen LogP contribution is -2.12. The maximum absolute atomic E-state index is 12.6. The van der Waals surface area contributed by atoms with Crippen molar-refractivity contribution < 1.29 is 34.8 Å². The largest absolute Gasteiger partial charge is 0.508 e. The first-order valence-electron chi connectivity index (χ1n) is 6.47. The van der Waals surface area contributed by atoms with Crippen molar-refractivity contribution in [3.8, 4) is 23.0 Å². The number of aryl methyl sites for hydroxylation is 1. The molecule has 0 bridgehead atoms. The van der Waals surface area contributed by atoms with Gasteiger partial charge in [-0.2, -0.15) is 0 Å². The standard InChI is InChI=1S/C16H14O7/c1-7-3-10(18)14(11(19)4-7)15(21)13-9(16(22)23-2)5-8(17)6-12(13)20/h3-6,17-20H,1-2H3. The van der Waals surface area contributed by atoms with Crippen LogP contribution in [0.4, 0.5) is 0 Å². The summed E-state index contributed by atoms with van der Waals surface area (Å²) in [4.78, 5) is 24.4. The molecule has 0 saturated heterocycles. The molecule has 23 heavy (non-hydrogen) atoms. The van der Waals surface area contributed by atoms with Gasteiger partial charge in [0.15, 0.2) is 0 Å². The minimum Gasteiger partial charge on any atom is -0.508 e. The Morgan fingerprint density at radius 1 is 0.870 bits per heavy atom. The first-order chi connectivity index (χ1) is 10.8. The summed E-state index contributed by atoms with van der Waals surface area (Å²) in [6, 6.07) is 4.31. The Hall–Kier alpha value is -3.22. The summed E-state index contributed by atoms with van der Waals surface area (Å²) in [7, 11) is 1.07. The van der Waals surface area contributed by atoms with E-state index in [0.29, 0.717) is 5.56 Å². The number of phenolic OH excluding ortho intramolecular Hbond substituents is 4. The lowest BCUT2D eigenvalue weighted by molar-refractivity contribution is 0.0596. The van der Waals surface area contributed by atoms with Crippen LogP contribution in [0, 0.1) is 6.92 Å². The van der Waals surface area contributed by atoms with Crippen LogP contribution in [0.25, 0.3) is 0 Å². The molecule has 2 aromatic rings. The molecular formula is C16H14O7. The highest BCUT2D eigenvalue weighted by Gasteiger charge is 2.28.